The van der Waals surface area contributed by atoms with Crippen molar-refractivity contribution in [3.8, 4) is 11.5 Å². The molecule has 1 atom stereocenters. The van der Waals surface area contributed by atoms with Gasteiger partial charge in [-0.1, -0.05) is 13.0 Å². The van der Waals surface area contributed by atoms with E-state index in [9.17, 15) is 19.8 Å². The van der Waals surface area contributed by atoms with Crippen LogP contribution in [0.1, 0.15) is 18.9 Å². The highest BCUT2D eigenvalue weighted by molar-refractivity contribution is 5.87. The second-order valence-electron chi connectivity index (χ2n) is 4.71. The minimum Gasteiger partial charge on any atom is -0.504 e. The Morgan fingerprint density at radius 2 is 2.10 bits per heavy atom. The molecule has 0 aliphatic heterocycles. The number of hydrogen-bond acceptors (Lipinski definition) is 5. The smallest absolute Gasteiger partial charge is 0.232 e. The fraction of sp³-hybridized carbons (Fsp3) is 0.429. The Kier molecular flexibility index (Phi) is 5.99. The standard InChI is InChI=1S/C14H20N2O4/c1-10(14(20)16(9-17)6-2-5-15)7-11-3-4-12(18)13(19)8-11/h3-4,8-10,18-19H,2,5-7,15H2,1H3. The van der Waals surface area contributed by atoms with Gasteiger partial charge in [-0.15, -0.1) is 0 Å². The van der Waals surface area contributed by atoms with Gasteiger partial charge < -0.3 is 15.9 Å². The Labute approximate surface area is 117 Å². The van der Waals surface area contributed by atoms with Gasteiger partial charge in [-0.2, -0.15) is 0 Å². The van der Waals surface area contributed by atoms with Crippen molar-refractivity contribution in [2.24, 2.45) is 11.7 Å². The molecule has 6 heteroatoms. The summed E-state index contributed by atoms with van der Waals surface area (Å²) >= 11 is 0. The molecule has 20 heavy (non-hydrogen) atoms. The first-order valence-electron chi connectivity index (χ1n) is 6.46. The summed E-state index contributed by atoms with van der Waals surface area (Å²) in [5, 5.41) is 18.6. The van der Waals surface area contributed by atoms with Crippen LogP contribution < -0.4 is 5.73 Å². The lowest BCUT2D eigenvalue weighted by atomic mass is 9.99. The van der Waals surface area contributed by atoms with E-state index in [1.807, 2.05) is 0 Å². The third-order valence-electron chi connectivity index (χ3n) is 3.02. The first kappa shape index (κ1) is 16.0. The number of carbonyl (C=O) groups excluding carboxylic acids is 2. The summed E-state index contributed by atoms with van der Waals surface area (Å²) in [4.78, 5) is 24.1. The lowest BCUT2D eigenvalue weighted by molar-refractivity contribution is -0.141. The molecule has 2 amide bonds. The molecule has 0 bridgehead atoms. The van der Waals surface area contributed by atoms with Crippen molar-refractivity contribution in [2.75, 3.05) is 13.1 Å². The predicted molar refractivity (Wildman–Crippen MR) is 74.1 cm³/mol. The number of benzene rings is 1. The average Bonchev–Trinajstić information content (AvgIpc) is 2.43. The second kappa shape index (κ2) is 7.49. The van der Waals surface area contributed by atoms with Crippen LogP contribution in [0, 0.1) is 5.92 Å². The summed E-state index contributed by atoms with van der Waals surface area (Å²) in [6.07, 6.45) is 1.46. The highest BCUT2D eigenvalue weighted by atomic mass is 16.3. The molecule has 1 aromatic carbocycles. The maximum atomic E-state index is 12.1. The molecule has 110 valence electrons. The van der Waals surface area contributed by atoms with Crippen molar-refractivity contribution in [1.82, 2.24) is 4.90 Å². The van der Waals surface area contributed by atoms with Gasteiger partial charge in [-0.25, -0.2) is 0 Å². The third kappa shape index (κ3) is 4.24. The van der Waals surface area contributed by atoms with Crippen molar-refractivity contribution in [2.45, 2.75) is 19.8 Å². The molecular formula is C14H20N2O4. The van der Waals surface area contributed by atoms with Gasteiger partial charge in [-0.05, 0) is 37.1 Å². The lowest BCUT2D eigenvalue weighted by Gasteiger charge is -2.19. The average molecular weight is 280 g/mol. The first-order chi connectivity index (χ1) is 9.49. The quantitative estimate of drug-likeness (QED) is 0.501. The SMILES string of the molecule is CC(Cc1ccc(O)c(O)c1)C(=O)N(C=O)CCCN. The first-order valence-corrected chi connectivity index (χ1v) is 6.46. The van der Waals surface area contributed by atoms with Gasteiger partial charge in [0.05, 0.1) is 0 Å². The number of rotatable bonds is 7. The zero-order valence-electron chi connectivity index (χ0n) is 11.5. The van der Waals surface area contributed by atoms with E-state index in [0.29, 0.717) is 37.9 Å². The lowest BCUT2D eigenvalue weighted by Crippen LogP contribution is -2.36. The Balaban J connectivity index is 2.68. The summed E-state index contributed by atoms with van der Waals surface area (Å²) < 4.78 is 0. The Hall–Kier alpha value is -2.08. The van der Waals surface area contributed by atoms with Gasteiger partial charge in [0.15, 0.2) is 11.5 Å². The zero-order valence-corrected chi connectivity index (χ0v) is 11.5. The van der Waals surface area contributed by atoms with Gasteiger partial charge in [0.2, 0.25) is 12.3 Å². The summed E-state index contributed by atoms with van der Waals surface area (Å²) in [6, 6.07) is 4.40. The molecule has 0 radical (unpaired) electrons. The number of aromatic hydroxyl groups is 2. The van der Waals surface area contributed by atoms with Crippen LogP contribution in [0.2, 0.25) is 0 Å². The normalized spacial score (nSPS) is 11.9. The summed E-state index contributed by atoms with van der Waals surface area (Å²) in [6.45, 7) is 2.44. The van der Waals surface area contributed by atoms with E-state index in [1.54, 1.807) is 13.0 Å². The number of nitrogens with zero attached hydrogens (tertiary/aromatic N) is 1. The third-order valence-corrected chi connectivity index (χ3v) is 3.02. The number of phenolic OH excluding ortho intramolecular Hbond substituents is 2. The van der Waals surface area contributed by atoms with Gasteiger partial charge in [0, 0.05) is 12.5 Å². The van der Waals surface area contributed by atoms with Gasteiger partial charge >= 0.3 is 0 Å². The fourth-order valence-electron chi connectivity index (χ4n) is 1.90. The molecule has 6 nitrogen and oxygen atoms in total. The number of imide groups is 1. The van der Waals surface area contributed by atoms with E-state index < -0.39 is 5.92 Å². The monoisotopic (exact) mass is 280 g/mol. The Morgan fingerprint density at radius 3 is 2.65 bits per heavy atom. The maximum absolute atomic E-state index is 12.1. The zero-order chi connectivity index (χ0) is 15.1. The molecule has 0 spiro atoms. The van der Waals surface area contributed by atoms with Crippen LogP contribution in [0.4, 0.5) is 0 Å². The summed E-state index contributed by atoms with van der Waals surface area (Å²) in [5.41, 5.74) is 6.07. The topological polar surface area (TPSA) is 104 Å². The highest BCUT2D eigenvalue weighted by Crippen LogP contribution is 2.26. The number of amides is 2. The molecule has 1 unspecified atom stereocenters. The van der Waals surface area contributed by atoms with Crippen LogP contribution in [0.15, 0.2) is 18.2 Å². The summed E-state index contributed by atoms with van der Waals surface area (Å²) in [5.74, 6) is -1.11. The van der Waals surface area contributed by atoms with Crippen molar-refractivity contribution in [1.29, 1.82) is 0 Å². The minimum atomic E-state index is -0.401. The molecule has 4 N–H and O–H groups in total. The molecule has 0 saturated heterocycles. The van der Waals surface area contributed by atoms with Crippen molar-refractivity contribution < 1.29 is 19.8 Å². The van der Waals surface area contributed by atoms with Gasteiger partial charge in [0.1, 0.15) is 0 Å². The van der Waals surface area contributed by atoms with Crippen molar-refractivity contribution in [3.63, 3.8) is 0 Å². The number of nitrogens with two attached hydrogens (primary N) is 1. The molecule has 1 rings (SSSR count). The Bertz CT molecular complexity index is 476. The van der Waals surface area contributed by atoms with E-state index >= 15 is 0 Å². The van der Waals surface area contributed by atoms with E-state index in [4.69, 9.17) is 5.73 Å². The number of hydrogen-bond donors (Lipinski definition) is 3. The van der Waals surface area contributed by atoms with E-state index in [-0.39, 0.29) is 17.4 Å². The highest BCUT2D eigenvalue weighted by Gasteiger charge is 2.20. The maximum Gasteiger partial charge on any atom is 0.232 e. The van der Waals surface area contributed by atoms with Crippen molar-refractivity contribution >= 4 is 12.3 Å². The van der Waals surface area contributed by atoms with E-state index in [2.05, 4.69) is 0 Å². The second-order valence-corrected chi connectivity index (χ2v) is 4.71. The molecule has 0 fully saturated rings. The van der Waals surface area contributed by atoms with E-state index in [1.165, 1.54) is 12.1 Å². The van der Waals surface area contributed by atoms with Crippen LogP contribution in [0.3, 0.4) is 0 Å². The molecular weight excluding hydrogens is 260 g/mol. The predicted octanol–water partition coefficient (Wildman–Crippen LogP) is 0.610. The van der Waals surface area contributed by atoms with Gasteiger partial charge in [-0.3, -0.25) is 14.5 Å². The molecule has 0 aliphatic rings. The van der Waals surface area contributed by atoms with Gasteiger partial charge in [0.25, 0.3) is 0 Å². The Morgan fingerprint density at radius 1 is 1.40 bits per heavy atom. The number of phenols is 2. The van der Waals surface area contributed by atoms with Crippen LogP contribution >= 0.6 is 0 Å². The van der Waals surface area contributed by atoms with Crippen LogP contribution in [0.25, 0.3) is 0 Å². The fourth-order valence-corrected chi connectivity index (χ4v) is 1.90. The largest absolute Gasteiger partial charge is 0.504 e. The molecule has 0 aliphatic carbocycles. The molecule has 1 aromatic rings. The molecule has 0 heterocycles. The minimum absolute atomic E-state index is 0.204. The van der Waals surface area contributed by atoms with E-state index in [0.717, 1.165) is 4.90 Å². The molecule has 0 saturated carbocycles. The van der Waals surface area contributed by atoms with Crippen LogP contribution in [-0.2, 0) is 16.0 Å². The number of carbonyl (C=O) groups is 2. The summed E-state index contributed by atoms with van der Waals surface area (Å²) in [7, 11) is 0. The van der Waals surface area contributed by atoms with Crippen LogP contribution in [0.5, 0.6) is 11.5 Å². The van der Waals surface area contributed by atoms with Crippen LogP contribution in [-0.4, -0.2) is 40.5 Å². The molecule has 0 aromatic heterocycles. The van der Waals surface area contributed by atoms with Crippen molar-refractivity contribution in [3.05, 3.63) is 23.8 Å².